The summed E-state index contributed by atoms with van der Waals surface area (Å²) in [6.07, 6.45) is 0. The number of nitriles is 1. The van der Waals surface area contributed by atoms with Gasteiger partial charge in [-0.2, -0.15) is 5.26 Å². The van der Waals surface area contributed by atoms with Crippen LogP contribution in [0.4, 0.5) is 5.69 Å². The van der Waals surface area contributed by atoms with Gasteiger partial charge in [-0.3, -0.25) is 4.79 Å². The van der Waals surface area contributed by atoms with Gasteiger partial charge in [0.25, 0.3) is 0 Å². The number of ether oxygens (including phenoxy) is 2. The van der Waals surface area contributed by atoms with E-state index in [1.165, 1.54) is 7.11 Å². The molecule has 38 heavy (non-hydrogen) atoms. The van der Waals surface area contributed by atoms with Crippen LogP contribution < -0.4 is 20.1 Å². The predicted molar refractivity (Wildman–Crippen MR) is 150 cm³/mol. The maximum absolute atomic E-state index is 13.4. The molecule has 0 aliphatic heterocycles. The van der Waals surface area contributed by atoms with E-state index in [9.17, 15) is 4.79 Å². The van der Waals surface area contributed by atoms with Crippen molar-refractivity contribution in [3.05, 3.63) is 123 Å². The van der Waals surface area contributed by atoms with Gasteiger partial charge >= 0.3 is 0 Å². The van der Waals surface area contributed by atoms with Crippen molar-refractivity contribution in [1.29, 1.82) is 5.26 Å². The third-order valence-electron chi connectivity index (χ3n) is 5.85. The lowest BCUT2D eigenvalue weighted by Gasteiger charge is -2.22. The number of rotatable bonds is 10. The van der Waals surface area contributed by atoms with Crippen LogP contribution in [0.15, 0.2) is 91.0 Å². The Balaban J connectivity index is 1.58. The van der Waals surface area contributed by atoms with Crippen LogP contribution in [0.2, 0.25) is 10.0 Å². The summed E-state index contributed by atoms with van der Waals surface area (Å²) in [6, 6.07) is 28.5. The summed E-state index contributed by atoms with van der Waals surface area (Å²) in [7, 11) is 1.53. The van der Waals surface area contributed by atoms with E-state index in [2.05, 4.69) is 16.7 Å². The second kappa shape index (κ2) is 12.9. The smallest absolute Gasteiger partial charge is 0.247 e. The number of amides is 1. The highest BCUT2D eigenvalue weighted by molar-refractivity contribution is 6.35. The van der Waals surface area contributed by atoms with Crippen molar-refractivity contribution in [2.24, 2.45) is 0 Å². The van der Waals surface area contributed by atoms with Crippen LogP contribution in [0.25, 0.3) is 0 Å². The first kappa shape index (κ1) is 26.9. The molecule has 0 aliphatic rings. The number of hydrogen-bond donors (Lipinski definition) is 2. The summed E-state index contributed by atoms with van der Waals surface area (Å²) < 4.78 is 11.6. The number of benzene rings is 4. The summed E-state index contributed by atoms with van der Waals surface area (Å²) in [5, 5.41) is 16.4. The van der Waals surface area contributed by atoms with E-state index < -0.39 is 6.04 Å². The molecule has 0 saturated carbocycles. The molecule has 0 saturated heterocycles. The van der Waals surface area contributed by atoms with E-state index in [1.54, 1.807) is 60.7 Å². The first-order valence-corrected chi connectivity index (χ1v) is 12.6. The van der Waals surface area contributed by atoms with Crippen LogP contribution in [-0.4, -0.2) is 13.0 Å². The van der Waals surface area contributed by atoms with Gasteiger partial charge in [-0.05, 0) is 59.7 Å². The van der Waals surface area contributed by atoms with E-state index in [0.717, 1.165) is 5.56 Å². The Labute approximate surface area is 231 Å². The number of hydrogen-bond acceptors (Lipinski definition) is 5. The third kappa shape index (κ3) is 6.77. The SMILES string of the molecule is COc1cc(C(Nc2ccc(C#N)cc2)C(=O)NCc2ccccc2)ccc1OCc1c(Cl)cccc1Cl. The van der Waals surface area contributed by atoms with Crippen LogP contribution >= 0.6 is 23.2 Å². The number of nitrogens with one attached hydrogen (secondary N) is 2. The molecule has 0 spiro atoms. The van der Waals surface area contributed by atoms with Gasteiger partial charge in [-0.25, -0.2) is 0 Å². The quantitative estimate of drug-likeness (QED) is 0.226. The Morgan fingerprint density at radius 1 is 0.921 bits per heavy atom. The third-order valence-corrected chi connectivity index (χ3v) is 6.56. The molecule has 6 nitrogen and oxygen atoms in total. The van der Waals surface area contributed by atoms with E-state index in [4.69, 9.17) is 37.9 Å². The van der Waals surface area contributed by atoms with Crippen LogP contribution in [0.1, 0.15) is 28.3 Å². The molecule has 0 aromatic heterocycles. The lowest BCUT2D eigenvalue weighted by molar-refractivity contribution is -0.122. The number of carbonyl (C=O) groups excluding carboxylic acids is 1. The van der Waals surface area contributed by atoms with Crippen molar-refractivity contribution in [2.45, 2.75) is 19.2 Å². The molecule has 8 heteroatoms. The topological polar surface area (TPSA) is 83.4 Å². The van der Waals surface area contributed by atoms with Crippen molar-refractivity contribution in [3.8, 4) is 17.6 Å². The van der Waals surface area contributed by atoms with Gasteiger partial charge in [0.05, 0.1) is 18.7 Å². The second-order valence-corrected chi connectivity index (χ2v) is 9.18. The Kier molecular flexibility index (Phi) is 9.10. The van der Waals surface area contributed by atoms with Gasteiger partial charge in [0.15, 0.2) is 11.5 Å². The molecule has 0 radical (unpaired) electrons. The number of carbonyl (C=O) groups is 1. The van der Waals surface area contributed by atoms with Crippen molar-refractivity contribution in [1.82, 2.24) is 5.32 Å². The van der Waals surface area contributed by atoms with Crippen molar-refractivity contribution in [2.75, 3.05) is 12.4 Å². The molecular formula is C30H25Cl2N3O3. The van der Waals surface area contributed by atoms with Gasteiger partial charge < -0.3 is 20.1 Å². The van der Waals surface area contributed by atoms with Gasteiger partial charge in [0, 0.05) is 27.8 Å². The zero-order chi connectivity index (χ0) is 26.9. The molecule has 1 unspecified atom stereocenters. The molecule has 4 aromatic carbocycles. The Hall–Kier alpha value is -4.18. The molecular weight excluding hydrogens is 521 g/mol. The zero-order valence-electron chi connectivity index (χ0n) is 20.6. The van der Waals surface area contributed by atoms with Crippen molar-refractivity contribution < 1.29 is 14.3 Å². The summed E-state index contributed by atoms with van der Waals surface area (Å²) in [6.45, 7) is 0.529. The molecule has 0 fully saturated rings. The van der Waals surface area contributed by atoms with Crippen molar-refractivity contribution in [3.63, 3.8) is 0 Å². The van der Waals surface area contributed by atoms with Crippen LogP contribution in [0, 0.1) is 11.3 Å². The zero-order valence-corrected chi connectivity index (χ0v) is 22.1. The first-order chi connectivity index (χ1) is 18.5. The van der Waals surface area contributed by atoms with E-state index in [-0.39, 0.29) is 12.5 Å². The fourth-order valence-corrected chi connectivity index (χ4v) is 4.30. The Morgan fingerprint density at radius 2 is 1.63 bits per heavy atom. The minimum Gasteiger partial charge on any atom is -0.493 e. The number of nitrogens with zero attached hydrogens (tertiary/aromatic N) is 1. The summed E-state index contributed by atoms with van der Waals surface area (Å²) in [4.78, 5) is 13.4. The van der Waals surface area contributed by atoms with Crippen LogP contribution in [0.5, 0.6) is 11.5 Å². The summed E-state index contributed by atoms with van der Waals surface area (Å²) in [5.74, 6) is 0.707. The molecule has 4 rings (SSSR count). The molecule has 0 bridgehead atoms. The standard InChI is InChI=1S/C30H25Cl2N3O3/c1-37-28-16-22(12-15-27(28)38-19-24-25(31)8-5-9-26(24)32)29(35-23-13-10-20(17-33)11-14-23)30(36)34-18-21-6-3-2-4-7-21/h2-16,29,35H,18-19H2,1H3,(H,34,36). The molecule has 0 aliphatic carbocycles. The maximum Gasteiger partial charge on any atom is 0.247 e. The fraction of sp³-hybridized carbons (Fsp3) is 0.133. The monoisotopic (exact) mass is 545 g/mol. The number of methoxy groups -OCH3 is 1. The largest absolute Gasteiger partial charge is 0.493 e. The average Bonchev–Trinajstić information content (AvgIpc) is 2.95. The first-order valence-electron chi connectivity index (χ1n) is 11.8. The summed E-state index contributed by atoms with van der Waals surface area (Å²) >= 11 is 12.5. The molecule has 2 N–H and O–H groups in total. The second-order valence-electron chi connectivity index (χ2n) is 8.37. The lowest BCUT2D eigenvalue weighted by Crippen LogP contribution is -2.33. The lowest BCUT2D eigenvalue weighted by atomic mass is 10.0. The number of halogens is 2. The summed E-state index contributed by atoms with van der Waals surface area (Å²) in [5.41, 5.74) is 3.54. The average molecular weight is 546 g/mol. The molecule has 192 valence electrons. The van der Waals surface area contributed by atoms with Crippen molar-refractivity contribution >= 4 is 34.8 Å². The predicted octanol–water partition coefficient (Wildman–Crippen LogP) is 6.92. The van der Waals surface area contributed by atoms with Gasteiger partial charge in [-0.1, -0.05) is 65.7 Å². The molecule has 1 atom stereocenters. The van der Waals surface area contributed by atoms with Crippen LogP contribution in [-0.2, 0) is 17.9 Å². The molecule has 0 heterocycles. The normalized spacial score (nSPS) is 11.2. The Bertz CT molecular complexity index is 1420. The van der Waals surface area contributed by atoms with Gasteiger partial charge in [0.1, 0.15) is 12.6 Å². The van der Waals surface area contributed by atoms with Gasteiger partial charge in [-0.15, -0.1) is 0 Å². The minimum absolute atomic E-state index is 0.151. The highest BCUT2D eigenvalue weighted by Gasteiger charge is 2.22. The minimum atomic E-state index is -0.743. The van der Waals surface area contributed by atoms with E-state index >= 15 is 0 Å². The van der Waals surface area contributed by atoms with E-state index in [1.807, 2.05) is 30.3 Å². The maximum atomic E-state index is 13.4. The number of anilines is 1. The fourth-order valence-electron chi connectivity index (χ4n) is 3.80. The van der Waals surface area contributed by atoms with Gasteiger partial charge in [0.2, 0.25) is 5.91 Å². The molecule has 4 aromatic rings. The highest BCUT2D eigenvalue weighted by atomic mass is 35.5. The highest BCUT2D eigenvalue weighted by Crippen LogP contribution is 2.34. The Morgan fingerprint density at radius 3 is 2.29 bits per heavy atom. The molecule has 1 amide bonds. The van der Waals surface area contributed by atoms with Crippen LogP contribution in [0.3, 0.4) is 0 Å². The van der Waals surface area contributed by atoms with E-state index in [0.29, 0.717) is 50.5 Å².